The van der Waals surface area contributed by atoms with Crippen molar-refractivity contribution >= 4 is 17.9 Å². The van der Waals surface area contributed by atoms with Crippen LogP contribution in [0.5, 0.6) is 0 Å². The summed E-state index contributed by atoms with van der Waals surface area (Å²) in [6, 6.07) is 4.48. The van der Waals surface area contributed by atoms with Crippen molar-refractivity contribution < 1.29 is 27.2 Å². The molecule has 1 aromatic heterocycles. The van der Waals surface area contributed by atoms with E-state index in [0.29, 0.717) is 12.1 Å². The van der Waals surface area contributed by atoms with Gasteiger partial charge in [-0.15, -0.1) is 0 Å². The van der Waals surface area contributed by atoms with Gasteiger partial charge in [-0.1, -0.05) is 16.8 Å². The lowest BCUT2D eigenvalue weighted by molar-refractivity contribution is -0.759. The second-order valence-corrected chi connectivity index (χ2v) is 4.36. The number of nitrogens with zero attached hydrogens (tertiary/aromatic N) is 2. The molecule has 0 radical (unpaired) electrons. The second kappa shape index (κ2) is 6.42. The molecule has 0 aliphatic rings. The maximum absolute atomic E-state index is 12.4. The van der Waals surface area contributed by atoms with Crippen LogP contribution < -0.4 is 10.00 Å². The zero-order valence-electron chi connectivity index (χ0n) is 11.6. The molecule has 0 saturated carbocycles. The molecule has 0 saturated heterocycles. The normalized spacial score (nSPS) is 11.8. The first-order valence-corrected chi connectivity index (χ1v) is 6.41. The zero-order chi connectivity index (χ0) is 16.2. The number of aryl methyl sites for hydroxylation is 1. The fourth-order valence-corrected chi connectivity index (χ4v) is 1.60. The van der Waals surface area contributed by atoms with Gasteiger partial charge in [0.15, 0.2) is 6.54 Å². The maximum atomic E-state index is 12.4. The Bertz CT molecular complexity index is 675. The number of anilines is 1. The van der Waals surface area contributed by atoms with Gasteiger partial charge < -0.3 is 0 Å². The van der Waals surface area contributed by atoms with Crippen molar-refractivity contribution in [2.24, 2.45) is 0 Å². The van der Waals surface area contributed by atoms with Gasteiger partial charge in [0.05, 0.1) is 5.56 Å². The molecule has 1 N–H and O–H groups in total. The van der Waals surface area contributed by atoms with Crippen molar-refractivity contribution in [3.8, 4) is 0 Å². The summed E-state index contributed by atoms with van der Waals surface area (Å²) >= 11 is 0. The van der Waals surface area contributed by atoms with Crippen LogP contribution in [0.4, 0.5) is 19.1 Å². The number of hydrogen-bond acceptors (Lipinski definition) is 3. The Morgan fingerprint density at radius 3 is 2.59 bits per heavy atom. The summed E-state index contributed by atoms with van der Waals surface area (Å²) in [6.45, 7) is 2.46. The van der Waals surface area contributed by atoms with Crippen molar-refractivity contribution in [1.29, 1.82) is 0 Å². The van der Waals surface area contributed by atoms with Crippen LogP contribution in [0.15, 0.2) is 41.1 Å². The van der Waals surface area contributed by atoms with Crippen LogP contribution in [-0.2, 0) is 17.5 Å². The molecule has 1 amide bonds. The van der Waals surface area contributed by atoms with Crippen molar-refractivity contribution in [3.63, 3.8) is 0 Å². The number of amides is 1. The highest BCUT2D eigenvalue weighted by atomic mass is 19.4. The van der Waals surface area contributed by atoms with Gasteiger partial charge in [0.1, 0.15) is 0 Å². The minimum atomic E-state index is -4.37. The number of rotatable bonds is 4. The average molecular weight is 312 g/mol. The molecule has 22 heavy (non-hydrogen) atoms. The van der Waals surface area contributed by atoms with Gasteiger partial charge in [0, 0.05) is 6.08 Å². The molecule has 5 nitrogen and oxygen atoms in total. The largest absolute Gasteiger partial charge is 0.416 e. The Morgan fingerprint density at radius 2 is 2.05 bits per heavy atom. The van der Waals surface area contributed by atoms with Crippen molar-refractivity contribution in [2.75, 3.05) is 5.32 Å². The van der Waals surface area contributed by atoms with Gasteiger partial charge in [-0.05, 0) is 30.7 Å². The number of nitrogens with one attached hydrogen (secondary N) is 1. The lowest BCUT2D eigenvalue weighted by Gasteiger charge is -2.05. The van der Waals surface area contributed by atoms with Crippen molar-refractivity contribution in [3.05, 3.63) is 47.7 Å². The monoisotopic (exact) mass is 312 g/mol. The Labute approximate surface area is 124 Å². The summed E-state index contributed by atoms with van der Waals surface area (Å²) in [4.78, 5) is 11.6. The minimum Gasteiger partial charge on any atom is -0.285 e. The van der Waals surface area contributed by atoms with Gasteiger partial charge in [0.2, 0.25) is 5.27 Å². The SMILES string of the molecule is CC[n+]1cc(NC(=O)/C=C/c2ccc(C(F)(F)F)cc2)on1. The fraction of sp³-hybridized carbons (Fsp3) is 0.214. The first kappa shape index (κ1) is 15.7. The smallest absolute Gasteiger partial charge is 0.285 e. The lowest BCUT2D eigenvalue weighted by atomic mass is 10.1. The van der Waals surface area contributed by atoms with Gasteiger partial charge in [0.25, 0.3) is 12.1 Å². The third-order valence-electron chi connectivity index (χ3n) is 2.75. The topological polar surface area (TPSA) is 59.0 Å². The highest BCUT2D eigenvalue weighted by Gasteiger charge is 2.29. The van der Waals surface area contributed by atoms with Crippen LogP contribution in [0.3, 0.4) is 0 Å². The first-order valence-electron chi connectivity index (χ1n) is 6.41. The predicted molar refractivity (Wildman–Crippen MR) is 71.5 cm³/mol. The quantitative estimate of drug-likeness (QED) is 0.697. The van der Waals surface area contributed by atoms with E-state index < -0.39 is 17.6 Å². The van der Waals surface area contributed by atoms with E-state index in [1.807, 2.05) is 6.92 Å². The summed E-state index contributed by atoms with van der Waals surface area (Å²) in [5.41, 5.74) is -0.260. The van der Waals surface area contributed by atoms with Gasteiger partial charge in [-0.3, -0.25) is 14.6 Å². The molecule has 116 valence electrons. The molecule has 0 unspecified atom stereocenters. The number of carbonyl (C=O) groups excluding carboxylic acids is 1. The summed E-state index contributed by atoms with van der Waals surface area (Å²) in [6.07, 6.45) is -0.258. The summed E-state index contributed by atoms with van der Waals surface area (Å²) in [5, 5.41) is 6.08. The van der Waals surface area contributed by atoms with E-state index in [-0.39, 0.29) is 5.88 Å². The van der Waals surface area contributed by atoms with Gasteiger partial charge in [-0.2, -0.15) is 13.2 Å². The van der Waals surface area contributed by atoms with E-state index in [0.717, 1.165) is 12.1 Å². The van der Waals surface area contributed by atoms with Crippen LogP contribution in [0, 0.1) is 0 Å². The van der Waals surface area contributed by atoms with Crippen LogP contribution in [0.25, 0.3) is 6.08 Å². The third-order valence-corrected chi connectivity index (χ3v) is 2.75. The number of carbonyl (C=O) groups is 1. The van der Waals surface area contributed by atoms with E-state index in [9.17, 15) is 18.0 Å². The van der Waals surface area contributed by atoms with Crippen molar-refractivity contribution in [2.45, 2.75) is 19.6 Å². The molecular formula is C14H13F3N3O2+. The van der Waals surface area contributed by atoms with E-state index in [2.05, 4.69) is 10.6 Å². The average Bonchev–Trinajstić information content (AvgIpc) is 2.92. The molecule has 0 atom stereocenters. The number of hydrogen-bond donors (Lipinski definition) is 1. The van der Waals surface area contributed by atoms with Crippen LogP contribution >= 0.6 is 0 Å². The highest BCUT2D eigenvalue weighted by Crippen LogP contribution is 2.29. The molecular weight excluding hydrogens is 299 g/mol. The molecule has 2 aromatic rings. The highest BCUT2D eigenvalue weighted by molar-refractivity contribution is 6.00. The molecule has 0 fully saturated rings. The molecule has 1 aromatic carbocycles. The van der Waals surface area contributed by atoms with Crippen LogP contribution in [0.1, 0.15) is 18.1 Å². The molecule has 1 heterocycles. The molecule has 0 aliphatic carbocycles. The van der Waals surface area contributed by atoms with Gasteiger partial charge in [-0.25, -0.2) is 0 Å². The van der Waals surface area contributed by atoms with Crippen LogP contribution in [-0.4, -0.2) is 11.2 Å². The Morgan fingerprint density at radius 1 is 1.36 bits per heavy atom. The lowest BCUT2D eigenvalue weighted by Crippen LogP contribution is -2.32. The number of alkyl halides is 3. The maximum Gasteiger partial charge on any atom is 0.416 e. The Balaban J connectivity index is 1.97. The standard InChI is InChI=1S/C14H12F3N3O2/c1-2-20-9-13(22-19-20)18-12(21)8-5-10-3-6-11(7-4-10)14(15,16)17/h3-9H,2H2,1H3/p+1/b8-5+. The molecule has 0 bridgehead atoms. The van der Waals surface area contributed by atoms with E-state index in [1.54, 1.807) is 0 Å². The van der Waals surface area contributed by atoms with E-state index in [4.69, 9.17) is 4.52 Å². The Hall–Kier alpha value is -2.64. The van der Waals surface area contributed by atoms with Crippen molar-refractivity contribution in [1.82, 2.24) is 5.27 Å². The molecule has 2 rings (SSSR count). The number of aromatic nitrogens is 2. The van der Waals surface area contributed by atoms with E-state index >= 15 is 0 Å². The predicted octanol–water partition coefficient (Wildman–Crippen LogP) is 2.65. The van der Waals surface area contributed by atoms with Gasteiger partial charge >= 0.3 is 12.1 Å². The van der Waals surface area contributed by atoms with Crippen LogP contribution in [0.2, 0.25) is 0 Å². The number of benzene rings is 1. The number of halogens is 3. The Kier molecular flexibility index (Phi) is 4.59. The zero-order valence-corrected chi connectivity index (χ0v) is 11.6. The fourth-order valence-electron chi connectivity index (χ4n) is 1.60. The first-order chi connectivity index (χ1) is 10.4. The minimum absolute atomic E-state index is 0.184. The van der Waals surface area contributed by atoms with E-state index in [1.165, 1.54) is 35.2 Å². The summed E-state index contributed by atoms with van der Waals surface area (Å²) < 4.78 is 43.6. The third kappa shape index (κ3) is 4.18. The molecule has 8 heteroatoms. The molecule has 0 aliphatic heterocycles. The summed E-state index contributed by atoms with van der Waals surface area (Å²) in [5.74, 6) is -0.289. The second-order valence-electron chi connectivity index (χ2n) is 4.36. The summed E-state index contributed by atoms with van der Waals surface area (Å²) in [7, 11) is 0. The molecule has 0 spiro atoms.